The van der Waals surface area contributed by atoms with Gasteiger partial charge in [-0.25, -0.2) is 5.43 Å². The minimum Gasteiger partial charge on any atom is -0.482 e. The summed E-state index contributed by atoms with van der Waals surface area (Å²) in [6.45, 7) is 0.191. The summed E-state index contributed by atoms with van der Waals surface area (Å²) in [5, 5.41) is 17.8. The zero-order chi connectivity index (χ0) is 22.8. The van der Waals surface area contributed by atoms with Crippen LogP contribution in [-0.2, 0) is 16.2 Å². The van der Waals surface area contributed by atoms with Crippen LogP contribution in [0.4, 0.5) is 11.4 Å². The van der Waals surface area contributed by atoms with Crippen molar-refractivity contribution in [3.05, 3.63) is 100 Å². The average molecular weight is 432 g/mol. The van der Waals surface area contributed by atoms with Crippen LogP contribution in [0.1, 0.15) is 17.5 Å². The monoisotopic (exact) mass is 432 g/mol. The summed E-state index contributed by atoms with van der Waals surface area (Å²) in [5.41, 5.74) is 3.85. The van der Waals surface area contributed by atoms with E-state index < -0.39 is 23.2 Å². The van der Waals surface area contributed by atoms with Gasteiger partial charge in [-0.15, -0.1) is 0 Å². The van der Waals surface area contributed by atoms with Crippen molar-refractivity contribution in [2.45, 2.75) is 13.0 Å². The van der Waals surface area contributed by atoms with Gasteiger partial charge in [0.15, 0.2) is 5.75 Å². The predicted octanol–water partition coefficient (Wildman–Crippen LogP) is 3.65. The fourth-order valence-corrected chi connectivity index (χ4v) is 2.71. The summed E-state index contributed by atoms with van der Waals surface area (Å²) in [4.78, 5) is 34.6. The Morgan fingerprint density at radius 2 is 1.66 bits per heavy atom. The molecule has 3 aromatic carbocycles. The molecule has 3 rings (SSSR count). The molecule has 0 saturated heterocycles. The molecule has 9 heteroatoms. The maximum atomic E-state index is 11.9. The molecule has 162 valence electrons. The number of amides is 2. The zero-order valence-corrected chi connectivity index (χ0v) is 16.9. The van der Waals surface area contributed by atoms with E-state index in [-0.39, 0.29) is 18.0 Å². The first-order chi connectivity index (χ1) is 15.5. The Bertz CT molecular complexity index is 1120. The smallest absolute Gasteiger partial charge is 0.311 e. The number of nitrogens with one attached hydrogen (secondary N) is 2. The number of nitro benzene ring substituents is 1. The van der Waals surface area contributed by atoms with Gasteiger partial charge in [-0.1, -0.05) is 48.5 Å². The van der Waals surface area contributed by atoms with Crippen LogP contribution in [-0.4, -0.2) is 23.0 Å². The van der Waals surface area contributed by atoms with Crippen molar-refractivity contribution in [1.29, 1.82) is 0 Å². The Morgan fingerprint density at radius 1 is 0.969 bits per heavy atom. The van der Waals surface area contributed by atoms with Crippen LogP contribution in [0.15, 0.2) is 84.0 Å². The van der Waals surface area contributed by atoms with Crippen molar-refractivity contribution < 1.29 is 19.2 Å². The van der Waals surface area contributed by atoms with Crippen LogP contribution in [0.5, 0.6) is 5.75 Å². The first-order valence-electron chi connectivity index (χ1n) is 9.63. The number of nitro groups is 1. The SMILES string of the molecule is O=C(CC(=O)Nc1ccccc1)NN=Cc1ccc(OCc2ccccc2)c([N+](=O)[O-])c1. The van der Waals surface area contributed by atoms with Gasteiger partial charge >= 0.3 is 5.69 Å². The van der Waals surface area contributed by atoms with Crippen LogP contribution in [0.2, 0.25) is 0 Å². The number of carbonyl (C=O) groups is 2. The average Bonchev–Trinajstić information content (AvgIpc) is 2.79. The molecule has 3 aromatic rings. The molecule has 0 unspecified atom stereocenters. The number of carbonyl (C=O) groups excluding carboxylic acids is 2. The van der Waals surface area contributed by atoms with E-state index in [0.29, 0.717) is 11.3 Å². The lowest BCUT2D eigenvalue weighted by atomic mass is 10.2. The molecular weight excluding hydrogens is 412 g/mol. The van der Waals surface area contributed by atoms with E-state index in [4.69, 9.17) is 4.74 Å². The largest absolute Gasteiger partial charge is 0.482 e. The van der Waals surface area contributed by atoms with Crippen LogP contribution >= 0.6 is 0 Å². The van der Waals surface area contributed by atoms with Crippen molar-refractivity contribution in [2.24, 2.45) is 5.10 Å². The van der Waals surface area contributed by atoms with Gasteiger partial charge in [0.25, 0.3) is 0 Å². The topological polar surface area (TPSA) is 123 Å². The molecule has 0 spiro atoms. The van der Waals surface area contributed by atoms with Gasteiger partial charge in [0, 0.05) is 17.3 Å². The maximum absolute atomic E-state index is 11.9. The highest BCUT2D eigenvalue weighted by Crippen LogP contribution is 2.28. The lowest BCUT2D eigenvalue weighted by Gasteiger charge is -2.07. The molecule has 0 aliphatic rings. The number of para-hydroxylation sites is 1. The third-order valence-corrected chi connectivity index (χ3v) is 4.20. The molecule has 32 heavy (non-hydrogen) atoms. The summed E-state index contributed by atoms with van der Waals surface area (Å²) < 4.78 is 5.57. The number of hydrogen-bond donors (Lipinski definition) is 2. The number of hydrazone groups is 1. The fraction of sp³-hybridized carbons (Fsp3) is 0.0870. The first kappa shape index (κ1) is 22.2. The van der Waals surface area contributed by atoms with Crippen LogP contribution in [0.25, 0.3) is 0 Å². The van der Waals surface area contributed by atoms with Crippen LogP contribution in [0, 0.1) is 10.1 Å². The Kier molecular flexibility index (Phi) is 7.63. The van der Waals surface area contributed by atoms with Crippen molar-refractivity contribution in [3.8, 4) is 5.75 Å². The van der Waals surface area contributed by atoms with E-state index in [1.54, 1.807) is 30.3 Å². The normalized spacial score (nSPS) is 10.5. The molecule has 0 aliphatic heterocycles. The van der Waals surface area contributed by atoms with E-state index in [9.17, 15) is 19.7 Å². The van der Waals surface area contributed by atoms with Gasteiger partial charge in [-0.05, 0) is 29.8 Å². The maximum Gasteiger partial charge on any atom is 0.311 e. The second-order valence-electron chi connectivity index (χ2n) is 6.64. The Morgan fingerprint density at radius 3 is 2.34 bits per heavy atom. The lowest BCUT2D eigenvalue weighted by molar-refractivity contribution is -0.385. The van der Waals surface area contributed by atoms with Gasteiger partial charge in [0.2, 0.25) is 11.8 Å². The Hall–Kier alpha value is -4.53. The molecular formula is C23H20N4O5. The molecule has 2 amide bonds. The van der Waals surface area contributed by atoms with Gasteiger partial charge < -0.3 is 10.1 Å². The predicted molar refractivity (Wildman–Crippen MR) is 119 cm³/mol. The Balaban J connectivity index is 1.55. The fourth-order valence-electron chi connectivity index (χ4n) is 2.71. The van der Waals surface area contributed by atoms with Gasteiger partial charge in [0.1, 0.15) is 13.0 Å². The standard InChI is InChI=1S/C23H20N4O5/c28-22(25-19-9-5-2-6-10-19)14-23(29)26-24-15-18-11-12-21(20(13-18)27(30)31)32-16-17-7-3-1-4-8-17/h1-13,15H,14,16H2,(H,25,28)(H,26,29). The highest BCUT2D eigenvalue weighted by atomic mass is 16.6. The van der Waals surface area contributed by atoms with Gasteiger partial charge in [0.05, 0.1) is 11.1 Å². The van der Waals surface area contributed by atoms with Crippen LogP contribution < -0.4 is 15.5 Å². The molecule has 2 N–H and O–H groups in total. The molecule has 0 saturated carbocycles. The highest BCUT2D eigenvalue weighted by Gasteiger charge is 2.16. The second kappa shape index (κ2) is 11.0. The molecule has 0 aliphatic carbocycles. The highest BCUT2D eigenvalue weighted by molar-refractivity contribution is 6.03. The lowest BCUT2D eigenvalue weighted by Crippen LogP contribution is -2.24. The molecule has 0 fully saturated rings. The molecule has 0 bridgehead atoms. The summed E-state index contributed by atoms with van der Waals surface area (Å²) in [5.74, 6) is -0.982. The minimum atomic E-state index is -0.619. The number of benzene rings is 3. The van der Waals surface area contributed by atoms with E-state index in [2.05, 4.69) is 15.8 Å². The molecule has 0 heterocycles. The number of hydrogen-bond acceptors (Lipinski definition) is 6. The van der Waals surface area contributed by atoms with Gasteiger partial charge in [-0.3, -0.25) is 19.7 Å². The molecule has 0 radical (unpaired) electrons. The Labute approximate surface area is 183 Å². The summed E-state index contributed by atoms with van der Waals surface area (Å²) >= 11 is 0. The van der Waals surface area contributed by atoms with E-state index in [1.165, 1.54) is 18.3 Å². The van der Waals surface area contributed by atoms with E-state index >= 15 is 0 Å². The van der Waals surface area contributed by atoms with Crippen molar-refractivity contribution in [1.82, 2.24) is 5.43 Å². The second-order valence-corrected chi connectivity index (χ2v) is 6.64. The summed E-state index contributed by atoms with van der Waals surface area (Å²) in [6.07, 6.45) is 0.833. The van der Waals surface area contributed by atoms with Crippen molar-refractivity contribution in [3.63, 3.8) is 0 Å². The number of nitrogens with zero attached hydrogens (tertiary/aromatic N) is 2. The number of anilines is 1. The third kappa shape index (κ3) is 6.77. The number of rotatable bonds is 9. The third-order valence-electron chi connectivity index (χ3n) is 4.20. The van der Waals surface area contributed by atoms with Gasteiger partial charge in [-0.2, -0.15) is 5.10 Å². The number of ether oxygens (including phenoxy) is 1. The first-order valence-corrected chi connectivity index (χ1v) is 9.63. The van der Waals surface area contributed by atoms with E-state index in [1.807, 2.05) is 36.4 Å². The minimum absolute atomic E-state index is 0.123. The molecule has 9 nitrogen and oxygen atoms in total. The van der Waals surface area contributed by atoms with Crippen LogP contribution in [0.3, 0.4) is 0 Å². The summed E-state index contributed by atoms with van der Waals surface area (Å²) in [6, 6.07) is 22.4. The quantitative estimate of drug-likeness (QED) is 0.231. The van der Waals surface area contributed by atoms with E-state index in [0.717, 1.165) is 5.56 Å². The zero-order valence-electron chi connectivity index (χ0n) is 16.9. The summed E-state index contributed by atoms with van der Waals surface area (Å²) in [7, 11) is 0. The van der Waals surface area contributed by atoms with Crippen molar-refractivity contribution in [2.75, 3.05) is 5.32 Å². The van der Waals surface area contributed by atoms with Crippen molar-refractivity contribution >= 4 is 29.4 Å². The molecule has 0 atom stereocenters. The molecule has 0 aromatic heterocycles.